The lowest BCUT2D eigenvalue weighted by atomic mass is 9.78. The summed E-state index contributed by atoms with van der Waals surface area (Å²) in [6.45, 7) is 7.30. The maximum atomic E-state index is 15.6. The van der Waals surface area contributed by atoms with Gasteiger partial charge in [-0.05, 0) is 62.1 Å². The highest BCUT2D eigenvalue weighted by atomic mass is 19.1. The van der Waals surface area contributed by atoms with E-state index in [2.05, 4.69) is 36.8 Å². The van der Waals surface area contributed by atoms with Gasteiger partial charge in [-0.2, -0.15) is 5.10 Å². The van der Waals surface area contributed by atoms with Crippen molar-refractivity contribution in [1.29, 1.82) is 0 Å². The molecule has 218 valence electrons. The van der Waals surface area contributed by atoms with Crippen molar-refractivity contribution in [2.45, 2.75) is 32.2 Å². The predicted molar refractivity (Wildman–Crippen MR) is 160 cm³/mol. The van der Waals surface area contributed by atoms with Crippen LogP contribution in [0.4, 0.5) is 21.7 Å². The van der Waals surface area contributed by atoms with Gasteiger partial charge >= 0.3 is 0 Å². The minimum Gasteiger partial charge on any atom is -0.457 e. The molecule has 0 radical (unpaired) electrons. The largest absolute Gasteiger partial charge is 0.457 e. The molecular weight excluding hydrogens is 549 g/mol. The number of piperazine rings is 1. The molecule has 1 aliphatic carbocycles. The minimum absolute atomic E-state index is 0.0203. The SMILES string of the molecule is C=CC(=O)N1CCN(c2ccc3ncnc(Nc4ccc(Oc5ccn6ncnc6c5)c(C)c4F)c3n2)C[C@@H]1C1CCC1. The Morgan fingerprint density at radius 1 is 1.12 bits per heavy atom. The van der Waals surface area contributed by atoms with Gasteiger partial charge in [-0.25, -0.2) is 28.8 Å². The van der Waals surface area contributed by atoms with Crippen LogP contribution in [0.1, 0.15) is 24.8 Å². The van der Waals surface area contributed by atoms with Crippen LogP contribution in [0.3, 0.4) is 0 Å². The van der Waals surface area contributed by atoms with Crippen LogP contribution in [0.2, 0.25) is 0 Å². The van der Waals surface area contributed by atoms with Crippen molar-refractivity contribution in [1.82, 2.24) is 34.4 Å². The summed E-state index contributed by atoms with van der Waals surface area (Å²) >= 11 is 0. The number of pyridine rings is 2. The van der Waals surface area contributed by atoms with Crippen molar-refractivity contribution in [3.05, 3.63) is 79.3 Å². The van der Waals surface area contributed by atoms with Crippen molar-refractivity contribution in [2.24, 2.45) is 5.92 Å². The molecule has 0 bridgehead atoms. The highest BCUT2D eigenvalue weighted by Gasteiger charge is 2.38. The summed E-state index contributed by atoms with van der Waals surface area (Å²) in [5, 5.41) is 7.20. The average Bonchev–Trinajstić information content (AvgIpc) is 3.48. The third-order valence-electron chi connectivity index (χ3n) is 8.43. The molecule has 2 fully saturated rings. The molecule has 7 rings (SSSR count). The van der Waals surface area contributed by atoms with E-state index < -0.39 is 5.82 Å². The smallest absolute Gasteiger partial charge is 0.246 e. The normalized spacial score (nSPS) is 17.2. The van der Waals surface area contributed by atoms with Gasteiger partial charge in [0.15, 0.2) is 17.3 Å². The Hall–Kier alpha value is -5.13. The van der Waals surface area contributed by atoms with Gasteiger partial charge in [0.2, 0.25) is 5.91 Å². The van der Waals surface area contributed by atoms with Crippen molar-refractivity contribution >= 4 is 39.9 Å². The Labute approximate surface area is 247 Å². The number of carbonyl (C=O) groups excluding carboxylic acids is 1. The number of nitrogens with one attached hydrogen (secondary N) is 1. The molecule has 0 spiro atoms. The van der Waals surface area contributed by atoms with E-state index in [1.54, 1.807) is 41.9 Å². The first-order valence-electron chi connectivity index (χ1n) is 14.3. The molecule has 2 aliphatic rings. The van der Waals surface area contributed by atoms with Crippen molar-refractivity contribution in [3.8, 4) is 11.5 Å². The van der Waals surface area contributed by atoms with E-state index in [0.29, 0.717) is 65.1 Å². The summed E-state index contributed by atoms with van der Waals surface area (Å²) in [6.07, 6.45) is 9.47. The van der Waals surface area contributed by atoms with Gasteiger partial charge < -0.3 is 19.9 Å². The van der Waals surface area contributed by atoms with E-state index in [9.17, 15) is 4.79 Å². The summed E-state index contributed by atoms with van der Waals surface area (Å²) in [6, 6.07) is 10.8. The predicted octanol–water partition coefficient (Wildman–Crippen LogP) is 5.05. The molecule has 1 aliphatic heterocycles. The number of hydrogen-bond donors (Lipinski definition) is 1. The second-order valence-electron chi connectivity index (χ2n) is 10.9. The van der Waals surface area contributed by atoms with Crippen LogP contribution in [0, 0.1) is 18.7 Å². The quantitative estimate of drug-likeness (QED) is 0.265. The maximum Gasteiger partial charge on any atom is 0.246 e. The summed E-state index contributed by atoms with van der Waals surface area (Å²) in [5.41, 5.74) is 2.38. The van der Waals surface area contributed by atoms with E-state index in [1.807, 2.05) is 17.0 Å². The zero-order valence-corrected chi connectivity index (χ0v) is 23.7. The molecular formula is C31H30FN9O2. The molecule has 0 unspecified atom stereocenters. The Bertz CT molecular complexity index is 1850. The van der Waals surface area contributed by atoms with Gasteiger partial charge in [-0.15, -0.1) is 0 Å². The number of fused-ring (bicyclic) bond motifs is 2. The van der Waals surface area contributed by atoms with Gasteiger partial charge in [0.1, 0.15) is 35.5 Å². The second-order valence-corrected chi connectivity index (χ2v) is 10.9. The zero-order chi connectivity index (χ0) is 29.5. The lowest BCUT2D eigenvalue weighted by Gasteiger charge is -2.47. The molecule has 12 heteroatoms. The Balaban J connectivity index is 1.14. The molecule has 5 heterocycles. The van der Waals surface area contributed by atoms with E-state index in [1.165, 1.54) is 25.2 Å². The van der Waals surface area contributed by atoms with Gasteiger partial charge in [-0.3, -0.25) is 4.79 Å². The first-order valence-corrected chi connectivity index (χ1v) is 14.3. The molecule has 5 aromatic rings. The number of anilines is 3. The van der Waals surface area contributed by atoms with Crippen LogP contribution in [0.25, 0.3) is 16.7 Å². The van der Waals surface area contributed by atoms with Gasteiger partial charge in [-0.1, -0.05) is 13.0 Å². The number of aromatic nitrogens is 6. The van der Waals surface area contributed by atoms with E-state index in [4.69, 9.17) is 9.72 Å². The van der Waals surface area contributed by atoms with Crippen LogP contribution in [0.5, 0.6) is 11.5 Å². The molecule has 1 aromatic carbocycles. The first kappa shape index (κ1) is 26.7. The number of amides is 1. The molecule has 1 N–H and O–H groups in total. The number of benzene rings is 1. The van der Waals surface area contributed by atoms with Gasteiger partial charge in [0.05, 0.1) is 17.2 Å². The van der Waals surface area contributed by atoms with E-state index in [-0.39, 0.29) is 17.6 Å². The second kappa shape index (κ2) is 10.9. The number of halogens is 1. The molecule has 1 atom stereocenters. The monoisotopic (exact) mass is 579 g/mol. The van der Waals surface area contributed by atoms with Gasteiger partial charge in [0.25, 0.3) is 0 Å². The molecule has 4 aromatic heterocycles. The Kier molecular flexibility index (Phi) is 6.80. The third kappa shape index (κ3) is 4.98. The molecule has 1 saturated carbocycles. The topological polar surface area (TPSA) is 114 Å². The average molecular weight is 580 g/mol. The fraction of sp³-hybridized carbons (Fsp3) is 0.290. The molecule has 1 saturated heterocycles. The number of carbonyl (C=O) groups is 1. The number of hydrogen-bond acceptors (Lipinski definition) is 9. The highest BCUT2D eigenvalue weighted by molar-refractivity contribution is 5.89. The summed E-state index contributed by atoms with van der Waals surface area (Å²) in [4.78, 5) is 34.6. The lowest BCUT2D eigenvalue weighted by Crippen LogP contribution is -2.58. The van der Waals surface area contributed by atoms with Crippen LogP contribution in [-0.2, 0) is 4.79 Å². The van der Waals surface area contributed by atoms with Crippen LogP contribution < -0.4 is 15.0 Å². The number of rotatable bonds is 7. The van der Waals surface area contributed by atoms with Crippen molar-refractivity contribution < 1.29 is 13.9 Å². The highest BCUT2D eigenvalue weighted by Crippen LogP contribution is 2.36. The Morgan fingerprint density at radius 3 is 2.81 bits per heavy atom. The zero-order valence-electron chi connectivity index (χ0n) is 23.7. The minimum atomic E-state index is -0.463. The number of nitrogens with zero attached hydrogens (tertiary/aromatic N) is 8. The van der Waals surface area contributed by atoms with Crippen LogP contribution in [0.15, 0.2) is 67.9 Å². The van der Waals surface area contributed by atoms with E-state index in [0.717, 1.165) is 18.7 Å². The molecule has 11 nitrogen and oxygen atoms in total. The standard InChI is InChI=1S/C31H30FN9O2/c1-3-28(42)40-14-13-39(16-24(40)20-5-4-6-20)26-10-8-23-30(38-26)31(35-17-33-23)37-22-7-9-25(19(2)29(22)32)43-21-11-12-41-27(15-21)34-18-36-41/h3,7-12,15,17-18,20,24H,1,4-6,13-14,16H2,2H3,(H,33,35,37)/t24-/m1/s1. The summed E-state index contributed by atoms with van der Waals surface area (Å²) in [7, 11) is 0. The van der Waals surface area contributed by atoms with Crippen molar-refractivity contribution in [2.75, 3.05) is 29.9 Å². The first-order chi connectivity index (χ1) is 21.0. The number of ether oxygens (including phenoxy) is 1. The van der Waals surface area contributed by atoms with E-state index >= 15 is 4.39 Å². The summed E-state index contributed by atoms with van der Waals surface area (Å²) < 4.78 is 23.2. The summed E-state index contributed by atoms with van der Waals surface area (Å²) in [5.74, 6) is 2.07. The molecule has 43 heavy (non-hydrogen) atoms. The van der Waals surface area contributed by atoms with Crippen LogP contribution >= 0.6 is 0 Å². The lowest BCUT2D eigenvalue weighted by molar-refractivity contribution is -0.130. The van der Waals surface area contributed by atoms with Crippen LogP contribution in [-0.4, -0.2) is 66.0 Å². The van der Waals surface area contributed by atoms with Gasteiger partial charge in [0, 0.05) is 37.5 Å². The van der Waals surface area contributed by atoms with Crippen molar-refractivity contribution in [3.63, 3.8) is 0 Å². The molecule has 1 amide bonds. The maximum absolute atomic E-state index is 15.6. The fourth-order valence-corrected chi connectivity index (χ4v) is 5.82. The Morgan fingerprint density at radius 2 is 2.00 bits per heavy atom. The fourth-order valence-electron chi connectivity index (χ4n) is 5.82. The third-order valence-corrected chi connectivity index (χ3v) is 8.43.